The molecule has 1 fully saturated rings. The van der Waals surface area contributed by atoms with Gasteiger partial charge in [0.05, 0.1) is 28.7 Å². The first-order valence-electron chi connectivity index (χ1n) is 6.70. The fourth-order valence-electron chi connectivity index (χ4n) is 2.46. The zero-order chi connectivity index (χ0) is 16.4. The Kier molecular flexibility index (Phi) is 5.20. The van der Waals surface area contributed by atoms with Crippen molar-refractivity contribution < 1.29 is 19.4 Å². The number of carboxylic acid groups (broad SMARTS) is 1. The Hall–Kier alpha value is -1.44. The van der Waals surface area contributed by atoms with Crippen molar-refractivity contribution in [1.29, 1.82) is 0 Å². The Morgan fingerprint density at radius 1 is 1.41 bits per heavy atom. The molecule has 9 heteroatoms. The summed E-state index contributed by atoms with van der Waals surface area (Å²) < 4.78 is 5.29. The lowest BCUT2D eigenvalue weighted by Crippen LogP contribution is -2.55. The molecule has 2 heterocycles. The molecule has 3 N–H and O–H groups in total. The summed E-state index contributed by atoms with van der Waals surface area (Å²) in [5.74, 6) is -0.393. The maximum atomic E-state index is 12.3. The molecule has 1 aromatic heterocycles. The quantitative estimate of drug-likeness (QED) is 0.778. The van der Waals surface area contributed by atoms with Crippen LogP contribution in [-0.4, -0.2) is 59.3 Å². The second-order valence-corrected chi connectivity index (χ2v) is 5.88. The van der Waals surface area contributed by atoms with Gasteiger partial charge in [0.15, 0.2) is 0 Å². The third kappa shape index (κ3) is 3.31. The van der Waals surface area contributed by atoms with Crippen molar-refractivity contribution in [2.75, 3.05) is 20.2 Å². The largest absolute Gasteiger partial charge is 0.465 e. The van der Waals surface area contributed by atoms with E-state index in [2.05, 4.69) is 10.3 Å². The van der Waals surface area contributed by atoms with E-state index < -0.39 is 18.1 Å². The molecule has 2 rings (SSSR count). The molecule has 0 unspecified atom stereocenters. The molecule has 122 valence electrons. The number of carbonyl (C=O) groups excluding carboxylic acids is 1. The number of nitrogens with zero attached hydrogens (tertiary/aromatic N) is 1. The van der Waals surface area contributed by atoms with Gasteiger partial charge in [-0.3, -0.25) is 4.79 Å². The average Bonchev–Trinajstić information content (AvgIpc) is 2.75. The van der Waals surface area contributed by atoms with Crippen LogP contribution < -0.4 is 5.32 Å². The summed E-state index contributed by atoms with van der Waals surface area (Å²) in [7, 11) is 1.48. The van der Waals surface area contributed by atoms with Crippen LogP contribution in [0.15, 0.2) is 0 Å². The molecule has 0 aliphatic carbocycles. The molecule has 1 aliphatic heterocycles. The number of hydrogen-bond donors (Lipinski definition) is 3. The van der Waals surface area contributed by atoms with E-state index >= 15 is 0 Å². The molecular weight excluding hydrogens is 333 g/mol. The highest BCUT2D eigenvalue weighted by Gasteiger charge is 2.33. The molecule has 22 heavy (non-hydrogen) atoms. The Labute approximate surface area is 137 Å². The minimum atomic E-state index is -0.998. The monoisotopic (exact) mass is 349 g/mol. The van der Waals surface area contributed by atoms with Gasteiger partial charge in [0.1, 0.15) is 5.69 Å². The smallest absolute Gasteiger partial charge is 0.407 e. The predicted molar refractivity (Wildman–Crippen MR) is 81.8 cm³/mol. The van der Waals surface area contributed by atoms with Gasteiger partial charge in [0, 0.05) is 19.3 Å². The predicted octanol–water partition coefficient (Wildman–Crippen LogP) is 2.13. The number of H-pyrrole nitrogens is 1. The van der Waals surface area contributed by atoms with Gasteiger partial charge in [-0.05, 0) is 13.3 Å². The zero-order valence-electron chi connectivity index (χ0n) is 12.2. The molecule has 0 aromatic carbocycles. The zero-order valence-corrected chi connectivity index (χ0v) is 13.7. The minimum absolute atomic E-state index is 0.175. The van der Waals surface area contributed by atoms with Crippen LogP contribution in [0.25, 0.3) is 0 Å². The van der Waals surface area contributed by atoms with Crippen molar-refractivity contribution in [3.05, 3.63) is 21.4 Å². The van der Waals surface area contributed by atoms with E-state index in [-0.39, 0.29) is 23.3 Å². The maximum absolute atomic E-state index is 12.3. The summed E-state index contributed by atoms with van der Waals surface area (Å²) in [6.07, 6.45) is -0.956. The fourth-order valence-corrected chi connectivity index (χ4v) is 2.88. The van der Waals surface area contributed by atoms with Gasteiger partial charge < -0.3 is 25.0 Å². The molecule has 1 aromatic rings. The highest BCUT2D eigenvalue weighted by atomic mass is 35.5. The van der Waals surface area contributed by atoms with Crippen LogP contribution >= 0.6 is 23.2 Å². The van der Waals surface area contributed by atoms with Crippen LogP contribution in [0.2, 0.25) is 10.0 Å². The van der Waals surface area contributed by atoms with E-state index in [4.69, 9.17) is 33.0 Å². The van der Waals surface area contributed by atoms with Crippen LogP contribution in [0.5, 0.6) is 0 Å². The summed E-state index contributed by atoms with van der Waals surface area (Å²) in [6.45, 7) is 2.25. The van der Waals surface area contributed by atoms with Gasteiger partial charge in [-0.2, -0.15) is 0 Å². The Balaban J connectivity index is 2.07. The summed E-state index contributed by atoms with van der Waals surface area (Å²) >= 11 is 12.0. The molecule has 0 saturated carbocycles. The van der Waals surface area contributed by atoms with Crippen molar-refractivity contribution in [1.82, 2.24) is 15.2 Å². The molecule has 0 radical (unpaired) electrons. The van der Waals surface area contributed by atoms with Crippen molar-refractivity contribution in [2.45, 2.75) is 25.5 Å². The van der Waals surface area contributed by atoms with Crippen LogP contribution in [0, 0.1) is 6.92 Å². The summed E-state index contributed by atoms with van der Waals surface area (Å²) in [4.78, 5) is 27.4. The number of hydrogen-bond acceptors (Lipinski definition) is 3. The maximum Gasteiger partial charge on any atom is 0.407 e. The Bertz CT molecular complexity index is 590. The van der Waals surface area contributed by atoms with Gasteiger partial charge in [0.2, 0.25) is 0 Å². The van der Waals surface area contributed by atoms with Gasteiger partial charge in [-0.25, -0.2) is 4.79 Å². The number of halogens is 2. The van der Waals surface area contributed by atoms with Crippen LogP contribution in [0.4, 0.5) is 4.79 Å². The number of aromatic amines is 1. The van der Waals surface area contributed by atoms with E-state index in [1.807, 2.05) is 0 Å². The molecule has 7 nitrogen and oxygen atoms in total. The number of likely N-dealkylation sites (tertiary alicyclic amines) is 1. The summed E-state index contributed by atoms with van der Waals surface area (Å²) in [5.41, 5.74) is 0.806. The second-order valence-electron chi connectivity index (χ2n) is 5.12. The standard InChI is InChI=1S/C13H17Cl2N3O4/c1-6-9(14)10(15)11(16-6)12(19)17-7-3-4-18(13(20)21)5-8(7)22-2/h7-8,16H,3-5H2,1-2H3,(H,17,19)(H,20,21)/t7-,8+/m1/s1. The topological polar surface area (TPSA) is 94.7 Å². The lowest BCUT2D eigenvalue weighted by molar-refractivity contribution is 0.0101. The number of amides is 2. The van der Waals surface area contributed by atoms with E-state index in [1.165, 1.54) is 12.0 Å². The number of ether oxygens (including phenoxy) is 1. The number of rotatable bonds is 3. The molecule has 2 atom stereocenters. The van der Waals surface area contributed by atoms with Crippen molar-refractivity contribution in [2.24, 2.45) is 0 Å². The van der Waals surface area contributed by atoms with Gasteiger partial charge in [-0.1, -0.05) is 23.2 Å². The van der Waals surface area contributed by atoms with E-state index in [0.717, 1.165) is 0 Å². The minimum Gasteiger partial charge on any atom is -0.465 e. The number of nitrogens with one attached hydrogen (secondary N) is 2. The molecule has 1 aliphatic rings. The number of aryl methyl sites for hydroxylation is 1. The first-order valence-corrected chi connectivity index (χ1v) is 7.45. The normalized spacial score (nSPS) is 21.7. The SMILES string of the molecule is CO[C@H]1CN(C(=O)O)CC[C@H]1NC(=O)c1[nH]c(C)c(Cl)c1Cl. The Morgan fingerprint density at radius 2 is 2.09 bits per heavy atom. The average molecular weight is 350 g/mol. The van der Waals surface area contributed by atoms with Crippen LogP contribution in [0.1, 0.15) is 22.6 Å². The fraction of sp³-hybridized carbons (Fsp3) is 0.538. The lowest BCUT2D eigenvalue weighted by atomic mass is 10.0. The van der Waals surface area contributed by atoms with Crippen molar-refractivity contribution in [3.63, 3.8) is 0 Å². The number of methoxy groups -OCH3 is 1. The van der Waals surface area contributed by atoms with E-state index in [9.17, 15) is 9.59 Å². The molecule has 0 bridgehead atoms. The van der Waals surface area contributed by atoms with Crippen LogP contribution in [0.3, 0.4) is 0 Å². The first kappa shape index (κ1) is 16.9. The van der Waals surface area contributed by atoms with Gasteiger partial charge in [-0.15, -0.1) is 0 Å². The highest BCUT2D eigenvalue weighted by molar-refractivity contribution is 6.44. The number of piperidine rings is 1. The lowest BCUT2D eigenvalue weighted by Gasteiger charge is -2.36. The third-order valence-corrected chi connectivity index (χ3v) is 4.68. The first-order chi connectivity index (χ1) is 10.3. The summed E-state index contributed by atoms with van der Waals surface area (Å²) in [6, 6.07) is -0.299. The number of carbonyl (C=O) groups is 2. The molecule has 1 saturated heterocycles. The molecular formula is C13H17Cl2N3O4. The van der Waals surface area contributed by atoms with Crippen molar-refractivity contribution >= 4 is 35.2 Å². The number of aromatic nitrogens is 1. The van der Waals surface area contributed by atoms with E-state index in [0.29, 0.717) is 23.7 Å². The van der Waals surface area contributed by atoms with Gasteiger partial charge >= 0.3 is 6.09 Å². The van der Waals surface area contributed by atoms with E-state index in [1.54, 1.807) is 6.92 Å². The molecule has 0 spiro atoms. The van der Waals surface area contributed by atoms with Crippen molar-refractivity contribution in [3.8, 4) is 0 Å². The highest BCUT2D eigenvalue weighted by Crippen LogP contribution is 2.29. The third-order valence-electron chi connectivity index (χ3n) is 3.73. The molecule has 2 amide bonds. The van der Waals surface area contributed by atoms with Crippen LogP contribution in [-0.2, 0) is 4.74 Å². The summed E-state index contributed by atoms with van der Waals surface area (Å²) in [5, 5.41) is 12.3. The second kappa shape index (κ2) is 6.76. The van der Waals surface area contributed by atoms with Gasteiger partial charge in [0.25, 0.3) is 5.91 Å². The Morgan fingerprint density at radius 3 is 2.59 bits per heavy atom.